The van der Waals surface area contributed by atoms with Gasteiger partial charge in [-0.1, -0.05) is 85.3 Å². The predicted molar refractivity (Wildman–Crippen MR) is 180 cm³/mol. The van der Waals surface area contributed by atoms with Crippen LogP contribution < -0.4 is 15.0 Å². The number of carbonyl (C=O) groups is 1. The van der Waals surface area contributed by atoms with Crippen molar-refractivity contribution in [1.82, 2.24) is 20.2 Å². The highest BCUT2D eigenvalue weighted by Crippen LogP contribution is 2.51. The Balaban J connectivity index is 1.02. The number of para-hydroxylation sites is 1. The number of benzene rings is 4. The fraction of sp³-hybridized carbons (Fsp3) is 0.289. The quantitative estimate of drug-likeness (QED) is 0.193. The molecule has 7 heteroatoms. The van der Waals surface area contributed by atoms with E-state index in [1.54, 1.807) is 7.11 Å². The van der Waals surface area contributed by atoms with Crippen LogP contribution in [-0.4, -0.2) is 60.6 Å². The molecule has 1 aliphatic heterocycles. The molecular formula is C38H39N5O2. The third kappa shape index (κ3) is 5.64. The van der Waals surface area contributed by atoms with Crippen LogP contribution >= 0.6 is 0 Å². The molecule has 2 aliphatic rings. The summed E-state index contributed by atoms with van der Waals surface area (Å²) < 4.78 is 5.31. The molecule has 0 bridgehead atoms. The molecular weight excluding hydrogens is 558 g/mol. The third-order valence-electron chi connectivity index (χ3n) is 9.47. The molecule has 1 N–H and O–H groups in total. The largest absolute Gasteiger partial charge is 0.497 e. The van der Waals surface area contributed by atoms with Crippen molar-refractivity contribution in [2.24, 2.45) is 0 Å². The van der Waals surface area contributed by atoms with Gasteiger partial charge < -0.3 is 15.0 Å². The molecule has 0 radical (unpaired) electrons. The summed E-state index contributed by atoms with van der Waals surface area (Å²) in [6, 6.07) is 32.9. The number of aromatic nitrogens is 2. The van der Waals surface area contributed by atoms with Gasteiger partial charge in [0.05, 0.1) is 12.6 Å². The Morgan fingerprint density at radius 1 is 0.822 bits per heavy atom. The normalized spacial score (nSPS) is 15.4. The van der Waals surface area contributed by atoms with Crippen molar-refractivity contribution in [3.63, 3.8) is 0 Å². The van der Waals surface area contributed by atoms with E-state index in [1.807, 2.05) is 48.7 Å². The Morgan fingerprint density at radius 2 is 1.49 bits per heavy atom. The molecule has 1 aliphatic carbocycles. The van der Waals surface area contributed by atoms with Gasteiger partial charge in [-0.3, -0.25) is 9.69 Å². The molecule has 0 atom stereocenters. The second-order valence-electron chi connectivity index (χ2n) is 12.0. The molecule has 45 heavy (non-hydrogen) atoms. The standard InChI is InChI=1S/C38H39N5O2/c1-45-30-18-16-28(17-19-30)26-39-36(44)38(33-13-5-3-11-31(33)32-12-4-6-14-34(32)38)20-8-9-21-42-22-24-43(25-23-42)37-40-27-29-10-2-7-15-35(29)41-37/h2-7,10-19,27H,8-9,20-26H2,1H3,(H,39,44). The maximum Gasteiger partial charge on any atom is 0.235 e. The van der Waals surface area contributed by atoms with Gasteiger partial charge in [0.25, 0.3) is 0 Å². The van der Waals surface area contributed by atoms with E-state index in [9.17, 15) is 4.79 Å². The van der Waals surface area contributed by atoms with E-state index in [0.717, 1.165) is 91.3 Å². The van der Waals surface area contributed by atoms with Crippen LogP contribution in [0.2, 0.25) is 0 Å². The van der Waals surface area contributed by atoms with Crippen LogP contribution in [-0.2, 0) is 16.8 Å². The topological polar surface area (TPSA) is 70.6 Å². The number of rotatable bonds is 10. The number of piperazine rings is 1. The van der Waals surface area contributed by atoms with Crippen molar-refractivity contribution < 1.29 is 9.53 Å². The molecule has 1 fully saturated rings. The first-order valence-corrected chi connectivity index (χ1v) is 16.0. The van der Waals surface area contributed by atoms with E-state index in [0.29, 0.717) is 6.54 Å². The lowest BCUT2D eigenvalue weighted by molar-refractivity contribution is -0.125. The number of amides is 1. The fourth-order valence-electron chi connectivity index (χ4n) is 7.04. The maximum absolute atomic E-state index is 14.4. The molecule has 0 saturated carbocycles. The zero-order valence-corrected chi connectivity index (χ0v) is 25.8. The summed E-state index contributed by atoms with van der Waals surface area (Å²) in [5.41, 5.74) is 5.88. The van der Waals surface area contributed by atoms with Crippen LogP contribution in [0.15, 0.2) is 103 Å². The molecule has 1 saturated heterocycles. The highest BCUT2D eigenvalue weighted by atomic mass is 16.5. The summed E-state index contributed by atoms with van der Waals surface area (Å²) in [6.07, 6.45) is 4.67. The van der Waals surface area contributed by atoms with Gasteiger partial charge in [-0.15, -0.1) is 0 Å². The molecule has 1 aromatic heterocycles. The van der Waals surface area contributed by atoms with Gasteiger partial charge in [0, 0.05) is 44.3 Å². The van der Waals surface area contributed by atoms with Gasteiger partial charge in [-0.25, -0.2) is 9.97 Å². The number of fused-ring (bicyclic) bond motifs is 4. The summed E-state index contributed by atoms with van der Waals surface area (Å²) >= 11 is 0. The number of anilines is 1. The van der Waals surface area contributed by atoms with E-state index in [4.69, 9.17) is 9.72 Å². The summed E-state index contributed by atoms with van der Waals surface area (Å²) in [5.74, 6) is 1.69. The molecule has 7 nitrogen and oxygen atoms in total. The first kappa shape index (κ1) is 29.0. The average Bonchev–Trinajstić information content (AvgIpc) is 3.40. The van der Waals surface area contributed by atoms with E-state index in [1.165, 1.54) is 11.1 Å². The molecule has 228 valence electrons. The number of ether oxygens (including phenoxy) is 1. The lowest BCUT2D eigenvalue weighted by Gasteiger charge is -2.35. The number of hydrogen-bond acceptors (Lipinski definition) is 6. The number of nitrogens with zero attached hydrogens (tertiary/aromatic N) is 4. The van der Waals surface area contributed by atoms with Crippen molar-refractivity contribution in [2.75, 3.05) is 44.7 Å². The van der Waals surface area contributed by atoms with Crippen molar-refractivity contribution in [2.45, 2.75) is 31.2 Å². The van der Waals surface area contributed by atoms with Crippen LogP contribution in [0.3, 0.4) is 0 Å². The molecule has 2 heterocycles. The Labute approximate surface area is 264 Å². The van der Waals surface area contributed by atoms with Gasteiger partial charge in [-0.2, -0.15) is 0 Å². The van der Waals surface area contributed by atoms with E-state index >= 15 is 0 Å². The van der Waals surface area contributed by atoms with Crippen LogP contribution in [0.25, 0.3) is 22.0 Å². The third-order valence-corrected chi connectivity index (χ3v) is 9.47. The lowest BCUT2D eigenvalue weighted by atomic mass is 9.73. The lowest BCUT2D eigenvalue weighted by Crippen LogP contribution is -2.47. The zero-order chi connectivity index (χ0) is 30.6. The second kappa shape index (κ2) is 12.7. The SMILES string of the molecule is COc1ccc(CNC(=O)C2(CCCCN3CCN(c4ncc5ccccc5n4)CC3)c3ccccc3-c3ccccc32)cc1. The Hall–Kier alpha value is -4.75. The monoisotopic (exact) mass is 597 g/mol. The Kier molecular flexibility index (Phi) is 8.18. The maximum atomic E-state index is 14.4. The minimum Gasteiger partial charge on any atom is -0.497 e. The van der Waals surface area contributed by atoms with E-state index in [-0.39, 0.29) is 5.91 Å². The Morgan fingerprint density at radius 3 is 2.20 bits per heavy atom. The van der Waals surface area contributed by atoms with E-state index in [2.05, 4.69) is 74.7 Å². The number of unbranched alkanes of at least 4 members (excludes halogenated alkanes) is 1. The van der Waals surface area contributed by atoms with Gasteiger partial charge in [0.2, 0.25) is 11.9 Å². The minimum absolute atomic E-state index is 0.0692. The Bertz CT molecular complexity index is 1750. The van der Waals surface area contributed by atoms with Gasteiger partial charge in [0.15, 0.2) is 0 Å². The summed E-state index contributed by atoms with van der Waals surface area (Å²) in [5, 5.41) is 4.38. The van der Waals surface area contributed by atoms with Gasteiger partial charge in [0.1, 0.15) is 11.2 Å². The molecule has 1 amide bonds. The first-order valence-electron chi connectivity index (χ1n) is 16.0. The molecule has 4 aromatic carbocycles. The molecule has 0 spiro atoms. The number of hydrogen-bond donors (Lipinski definition) is 1. The van der Waals surface area contributed by atoms with Crippen molar-refractivity contribution in [3.05, 3.63) is 120 Å². The number of methoxy groups -OCH3 is 1. The smallest absolute Gasteiger partial charge is 0.235 e. The van der Waals surface area contributed by atoms with Gasteiger partial charge in [-0.05, 0) is 65.4 Å². The summed E-state index contributed by atoms with van der Waals surface area (Å²) in [6.45, 7) is 5.28. The van der Waals surface area contributed by atoms with Crippen LogP contribution in [0.4, 0.5) is 5.95 Å². The van der Waals surface area contributed by atoms with Crippen LogP contribution in [0, 0.1) is 0 Å². The predicted octanol–water partition coefficient (Wildman–Crippen LogP) is 6.21. The van der Waals surface area contributed by atoms with Crippen molar-refractivity contribution in [3.8, 4) is 16.9 Å². The molecule has 7 rings (SSSR count). The highest BCUT2D eigenvalue weighted by Gasteiger charge is 2.48. The number of carbonyl (C=O) groups excluding carboxylic acids is 1. The summed E-state index contributed by atoms with van der Waals surface area (Å²) in [4.78, 5) is 28.6. The first-order chi connectivity index (χ1) is 22.2. The summed E-state index contributed by atoms with van der Waals surface area (Å²) in [7, 11) is 1.66. The number of nitrogens with one attached hydrogen (secondary N) is 1. The van der Waals surface area contributed by atoms with Crippen molar-refractivity contribution >= 4 is 22.8 Å². The zero-order valence-electron chi connectivity index (χ0n) is 25.8. The minimum atomic E-state index is -0.716. The van der Waals surface area contributed by atoms with Gasteiger partial charge >= 0.3 is 0 Å². The average molecular weight is 598 g/mol. The molecule has 0 unspecified atom stereocenters. The molecule has 5 aromatic rings. The van der Waals surface area contributed by atoms with E-state index < -0.39 is 5.41 Å². The second-order valence-corrected chi connectivity index (χ2v) is 12.0. The fourth-order valence-corrected chi connectivity index (χ4v) is 7.04. The highest BCUT2D eigenvalue weighted by molar-refractivity contribution is 6.00. The van der Waals surface area contributed by atoms with Crippen LogP contribution in [0.1, 0.15) is 36.0 Å². The van der Waals surface area contributed by atoms with Crippen molar-refractivity contribution in [1.29, 1.82) is 0 Å². The van der Waals surface area contributed by atoms with Crippen LogP contribution in [0.5, 0.6) is 5.75 Å².